The van der Waals surface area contributed by atoms with E-state index in [4.69, 9.17) is 10.5 Å². The summed E-state index contributed by atoms with van der Waals surface area (Å²) in [6.45, 7) is 2.71. The molecule has 1 aromatic carbocycles. The van der Waals surface area contributed by atoms with E-state index < -0.39 is 0 Å². The van der Waals surface area contributed by atoms with Crippen LogP contribution in [0.15, 0.2) is 24.3 Å². The highest BCUT2D eigenvalue weighted by Crippen LogP contribution is 2.26. The van der Waals surface area contributed by atoms with E-state index in [1.54, 1.807) is 0 Å². The molecule has 0 radical (unpaired) electrons. The average molecular weight is 247 g/mol. The molecular formula is C15H21NO2. The molecule has 98 valence electrons. The summed E-state index contributed by atoms with van der Waals surface area (Å²) in [5, 5.41) is 0. The van der Waals surface area contributed by atoms with E-state index in [2.05, 4.69) is 6.92 Å². The van der Waals surface area contributed by atoms with E-state index >= 15 is 0 Å². The Hall–Kier alpha value is -1.35. The number of Topliss-reactive ketones (excluding diaryl/α,β-unsaturated/α-hetero) is 1. The van der Waals surface area contributed by atoms with Crippen LogP contribution in [-0.4, -0.2) is 18.4 Å². The van der Waals surface area contributed by atoms with Gasteiger partial charge in [0.25, 0.3) is 0 Å². The molecule has 0 heterocycles. The minimum atomic E-state index is 0.188. The number of nitrogens with two attached hydrogens (primary N) is 1. The lowest BCUT2D eigenvalue weighted by Crippen LogP contribution is -2.12. The van der Waals surface area contributed by atoms with Crippen molar-refractivity contribution in [3.63, 3.8) is 0 Å². The van der Waals surface area contributed by atoms with Gasteiger partial charge in [0, 0.05) is 12.0 Å². The molecule has 2 N–H and O–H groups in total. The van der Waals surface area contributed by atoms with Crippen LogP contribution in [0, 0.1) is 5.92 Å². The Bertz CT molecular complexity index is 395. The van der Waals surface area contributed by atoms with E-state index in [0.29, 0.717) is 25.0 Å². The summed E-state index contributed by atoms with van der Waals surface area (Å²) >= 11 is 0. The lowest BCUT2D eigenvalue weighted by Gasteiger charge is -2.08. The molecule has 0 aliphatic heterocycles. The summed E-state index contributed by atoms with van der Waals surface area (Å²) in [6.07, 6.45) is 4.13. The van der Waals surface area contributed by atoms with Gasteiger partial charge in [-0.15, -0.1) is 0 Å². The van der Waals surface area contributed by atoms with Crippen LogP contribution in [0.2, 0.25) is 0 Å². The molecule has 1 aliphatic carbocycles. The number of hydrogen-bond donors (Lipinski definition) is 1. The average Bonchev–Trinajstić information content (AvgIpc) is 3.20. The highest BCUT2D eigenvalue weighted by atomic mass is 16.5. The molecule has 1 saturated carbocycles. The van der Waals surface area contributed by atoms with Crippen molar-refractivity contribution < 1.29 is 9.53 Å². The van der Waals surface area contributed by atoms with Crippen LogP contribution in [-0.2, 0) is 0 Å². The molecule has 3 nitrogen and oxygen atoms in total. The standard InChI is InChI=1S/C15H21NO2/c1-11(10-16)2-9-15(17)12-3-5-13(6-4-12)18-14-7-8-14/h3-6,11,14H,2,7-10,16H2,1H3. The Labute approximate surface area is 108 Å². The summed E-state index contributed by atoms with van der Waals surface area (Å²) in [4.78, 5) is 11.9. The first kappa shape index (κ1) is 13.1. The quantitative estimate of drug-likeness (QED) is 0.754. The third-order valence-corrected chi connectivity index (χ3v) is 3.27. The maximum absolute atomic E-state index is 11.9. The third kappa shape index (κ3) is 3.84. The normalized spacial score (nSPS) is 16.3. The van der Waals surface area contributed by atoms with Crippen LogP contribution in [0.1, 0.15) is 43.0 Å². The molecule has 1 aliphatic rings. The van der Waals surface area contributed by atoms with Gasteiger partial charge in [0.05, 0.1) is 6.10 Å². The number of carbonyl (C=O) groups is 1. The smallest absolute Gasteiger partial charge is 0.162 e. The predicted octanol–water partition coefficient (Wildman–Crippen LogP) is 2.79. The van der Waals surface area contributed by atoms with Gasteiger partial charge in [-0.1, -0.05) is 6.92 Å². The number of hydrogen-bond acceptors (Lipinski definition) is 3. The van der Waals surface area contributed by atoms with Gasteiger partial charge in [0.15, 0.2) is 5.78 Å². The number of rotatable bonds is 7. The number of ketones is 1. The summed E-state index contributed by atoms with van der Waals surface area (Å²) in [5.74, 6) is 1.46. The Morgan fingerprint density at radius 2 is 2.06 bits per heavy atom. The molecule has 1 aromatic rings. The maximum atomic E-state index is 11.9. The molecule has 1 unspecified atom stereocenters. The summed E-state index contributed by atoms with van der Waals surface area (Å²) in [6, 6.07) is 7.48. The molecule has 0 bridgehead atoms. The van der Waals surface area contributed by atoms with Crippen molar-refractivity contribution in [2.75, 3.05) is 6.54 Å². The van der Waals surface area contributed by atoms with E-state index in [1.165, 1.54) is 0 Å². The Kier molecular flexibility index (Phi) is 4.37. The second-order valence-electron chi connectivity index (χ2n) is 5.14. The minimum Gasteiger partial charge on any atom is -0.490 e. The summed E-state index contributed by atoms with van der Waals surface area (Å²) in [5.41, 5.74) is 6.31. The van der Waals surface area contributed by atoms with Crippen LogP contribution in [0.5, 0.6) is 5.75 Å². The summed E-state index contributed by atoms with van der Waals surface area (Å²) in [7, 11) is 0. The summed E-state index contributed by atoms with van der Waals surface area (Å²) < 4.78 is 5.65. The van der Waals surface area contributed by atoms with Crippen molar-refractivity contribution in [2.24, 2.45) is 11.7 Å². The van der Waals surface area contributed by atoms with Crippen molar-refractivity contribution in [3.05, 3.63) is 29.8 Å². The largest absolute Gasteiger partial charge is 0.490 e. The Morgan fingerprint density at radius 3 is 2.61 bits per heavy atom. The first-order chi connectivity index (χ1) is 8.69. The van der Waals surface area contributed by atoms with Gasteiger partial charge in [-0.3, -0.25) is 4.79 Å². The maximum Gasteiger partial charge on any atom is 0.162 e. The van der Waals surface area contributed by atoms with Crippen molar-refractivity contribution in [1.29, 1.82) is 0 Å². The second-order valence-corrected chi connectivity index (χ2v) is 5.14. The molecule has 0 aromatic heterocycles. The SMILES string of the molecule is CC(CN)CCC(=O)c1ccc(OC2CC2)cc1. The molecule has 1 fully saturated rings. The van der Waals surface area contributed by atoms with Crippen LogP contribution in [0.4, 0.5) is 0 Å². The van der Waals surface area contributed by atoms with Crippen molar-refractivity contribution in [3.8, 4) is 5.75 Å². The molecular weight excluding hydrogens is 226 g/mol. The molecule has 2 rings (SSSR count). The highest BCUT2D eigenvalue weighted by molar-refractivity contribution is 5.96. The van der Waals surface area contributed by atoms with E-state index in [0.717, 1.165) is 30.6 Å². The van der Waals surface area contributed by atoms with Crippen molar-refractivity contribution in [1.82, 2.24) is 0 Å². The number of ether oxygens (including phenoxy) is 1. The lowest BCUT2D eigenvalue weighted by molar-refractivity contribution is 0.0975. The topological polar surface area (TPSA) is 52.3 Å². The molecule has 1 atom stereocenters. The van der Waals surface area contributed by atoms with Gasteiger partial charge in [-0.05, 0) is 56.0 Å². The van der Waals surface area contributed by atoms with E-state index in [-0.39, 0.29) is 5.78 Å². The van der Waals surface area contributed by atoms with Gasteiger partial charge in [0.1, 0.15) is 5.75 Å². The Morgan fingerprint density at radius 1 is 1.39 bits per heavy atom. The fraction of sp³-hybridized carbons (Fsp3) is 0.533. The fourth-order valence-corrected chi connectivity index (χ4v) is 1.74. The lowest BCUT2D eigenvalue weighted by atomic mass is 10.0. The zero-order valence-corrected chi connectivity index (χ0v) is 10.9. The first-order valence-electron chi connectivity index (χ1n) is 6.69. The third-order valence-electron chi connectivity index (χ3n) is 3.27. The predicted molar refractivity (Wildman–Crippen MR) is 71.9 cm³/mol. The van der Waals surface area contributed by atoms with E-state index in [9.17, 15) is 4.79 Å². The molecule has 0 spiro atoms. The van der Waals surface area contributed by atoms with E-state index in [1.807, 2.05) is 24.3 Å². The van der Waals surface area contributed by atoms with Gasteiger partial charge < -0.3 is 10.5 Å². The monoisotopic (exact) mass is 247 g/mol. The molecule has 3 heteroatoms. The molecule has 0 amide bonds. The van der Waals surface area contributed by atoms with Crippen LogP contribution >= 0.6 is 0 Å². The highest BCUT2D eigenvalue weighted by Gasteiger charge is 2.23. The zero-order chi connectivity index (χ0) is 13.0. The second kappa shape index (κ2) is 6.01. The molecule has 0 saturated heterocycles. The van der Waals surface area contributed by atoms with Crippen LogP contribution in [0.3, 0.4) is 0 Å². The fourth-order valence-electron chi connectivity index (χ4n) is 1.74. The van der Waals surface area contributed by atoms with Gasteiger partial charge >= 0.3 is 0 Å². The number of benzene rings is 1. The zero-order valence-electron chi connectivity index (χ0n) is 10.9. The van der Waals surface area contributed by atoms with Crippen molar-refractivity contribution >= 4 is 5.78 Å². The first-order valence-corrected chi connectivity index (χ1v) is 6.69. The molecule has 18 heavy (non-hydrogen) atoms. The van der Waals surface area contributed by atoms with Crippen molar-refractivity contribution in [2.45, 2.75) is 38.7 Å². The Balaban J connectivity index is 1.85. The van der Waals surface area contributed by atoms with Crippen LogP contribution in [0.25, 0.3) is 0 Å². The minimum absolute atomic E-state index is 0.188. The van der Waals surface area contributed by atoms with Gasteiger partial charge in [-0.2, -0.15) is 0 Å². The van der Waals surface area contributed by atoms with Crippen LogP contribution < -0.4 is 10.5 Å². The number of carbonyl (C=O) groups excluding carboxylic acids is 1. The van der Waals surface area contributed by atoms with Gasteiger partial charge in [-0.25, -0.2) is 0 Å². The van der Waals surface area contributed by atoms with Gasteiger partial charge in [0.2, 0.25) is 0 Å².